The SMILES string of the molecule is CCOc1ccc(NC(=O)Cc2cccc(OC)c2)cc1. The lowest BCUT2D eigenvalue weighted by Crippen LogP contribution is -2.14. The minimum Gasteiger partial charge on any atom is -0.497 e. The van der Waals surface area contributed by atoms with Gasteiger partial charge in [-0.05, 0) is 48.9 Å². The zero-order chi connectivity index (χ0) is 15.1. The molecule has 110 valence electrons. The largest absolute Gasteiger partial charge is 0.497 e. The monoisotopic (exact) mass is 285 g/mol. The molecular formula is C17H19NO3. The van der Waals surface area contributed by atoms with Crippen molar-refractivity contribution >= 4 is 11.6 Å². The number of ether oxygens (including phenoxy) is 2. The summed E-state index contributed by atoms with van der Waals surface area (Å²) in [6, 6.07) is 14.8. The third-order valence-corrected chi connectivity index (χ3v) is 2.95. The smallest absolute Gasteiger partial charge is 0.228 e. The van der Waals surface area contributed by atoms with Gasteiger partial charge in [-0.1, -0.05) is 12.1 Å². The van der Waals surface area contributed by atoms with Gasteiger partial charge in [0.15, 0.2) is 0 Å². The number of anilines is 1. The lowest BCUT2D eigenvalue weighted by atomic mass is 10.1. The molecule has 1 amide bonds. The molecule has 0 aromatic heterocycles. The molecule has 0 saturated heterocycles. The third kappa shape index (κ3) is 4.53. The van der Waals surface area contributed by atoms with Crippen molar-refractivity contribution in [2.75, 3.05) is 19.0 Å². The molecule has 0 radical (unpaired) electrons. The number of hydrogen-bond acceptors (Lipinski definition) is 3. The van der Waals surface area contributed by atoms with Crippen LogP contribution >= 0.6 is 0 Å². The normalized spacial score (nSPS) is 10.0. The Hall–Kier alpha value is -2.49. The number of carbonyl (C=O) groups is 1. The molecule has 0 bridgehead atoms. The van der Waals surface area contributed by atoms with Crippen LogP contribution in [0.5, 0.6) is 11.5 Å². The van der Waals surface area contributed by atoms with Crippen LogP contribution < -0.4 is 14.8 Å². The molecule has 0 fully saturated rings. The summed E-state index contributed by atoms with van der Waals surface area (Å²) in [6.07, 6.45) is 0.310. The fourth-order valence-corrected chi connectivity index (χ4v) is 1.97. The Morgan fingerprint density at radius 3 is 2.52 bits per heavy atom. The van der Waals surface area contributed by atoms with Crippen LogP contribution in [0.15, 0.2) is 48.5 Å². The first kappa shape index (κ1) is 14.9. The van der Waals surface area contributed by atoms with Gasteiger partial charge in [0.1, 0.15) is 11.5 Å². The third-order valence-electron chi connectivity index (χ3n) is 2.95. The summed E-state index contributed by atoms with van der Waals surface area (Å²) >= 11 is 0. The van der Waals surface area contributed by atoms with Crippen LogP contribution in [0.25, 0.3) is 0 Å². The van der Waals surface area contributed by atoms with Crippen LogP contribution in [0.3, 0.4) is 0 Å². The summed E-state index contributed by atoms with van der Waals surface area (Å²) < 4.78 is 10.5. The van der Waals surface area contributed by atoms with E-state index < -0.39 is 0 Å². The van der Waals surface area contributed by atoms with Gasteiger partial charge in [-0.3, -0.25) is 4.79 Å². The molecule has 2 rings (SSSR count). The number of benzene rings is 2. The van der Waals surface area contributed by atoms with Crippen molar-refractivity contribution in [1.29, 1.82) is 0 Å². The van der Waals surface area contributed by atoms with E-state index in [0.717, 1.165) is 22.7 Å². The molecule has 1 N–H and O–H groups in total. The summed E-state index contributed by atoms with van der Waals surface area (Å²) in [7, 11) is 1.61. The van der Waals surface area contributed by atoms with Crippen molar-refractivity contribution in [2.45, 2.75) is 13.3 Å². The quantitative estimate of drug-likeness (QED) is 0.886. The Kier molecular flexibility index (Phi) is 5.21. The molecule has 2 aromatic carbocycles. The lowest BCUT2D eigenvalue weighted by Gasteiger charge is -2.08. The van der Waals surface area contributed by atoms with Crippen LogP contribution in [0.4, 0.5) is 5.69 Å². The molecule has 21 heavy (non-hydrogen) atoms. The number of carbonyl (C=O) groups excluding carboxylic acids is 1. The van der Waals surface area contributed by atoms with E-state index in [4.69, 9.17) is 9.47 Å². The van der Waals surface area contributed by atoms with Crippen LogP contribution in [0, 0.1) is 0 Å². The van der Waals surface area contributed by atoms with Gasteiger partial charge in [0.2, 0.25) is 5.91 Å². The van der Waals surface area contributed by atoms with Gasteiger partial charge < -0.3 is 14.8 Å². The van der Waals surface area contributed by atoms with Crippen LogP contribution in [-0.2, 0) is 11.2 Å². The van der Waals surface area contributed by atoms with Crippen LogP contribution in [0.2, 0.25) is 0 Å². The summed E-state index contributed by atoms with van der Waals surface area (Å²) in [4.78, 5) is 12.0. The number of hydrogen-bond donors (Lipinski definition) is 1. The molecule has 0 aliphatic rings. The topological polar surface area (TPSA) is 47.6 Å². The molecule has 0 heterocycles. The fraction of sp³-hybridized carbons (Fsp3) is 0.235. The first-order valence-corrected chi connectivity index (χ1v) is 6.87. The standard InChI is InChI=1S/C17H19NO3/c1-3-21-15-9-7-14(8-10-15)18-17(19)12-13-5-4-6-16(11-13)20-2/h4-11H,3,12H2,1-2H3,(H,18,19). The molecule has 0 atom stereocenters. The molecule has 4 heteroatoms. The van der Waals surface area contributed by atoms with Gasteiger partial charge >= 0.3 is 0 Å². The first-order valence-electron chi connectivity index (χ1n) is 6.87. The Morgan fingerprint density at radius 2 is 1.86 bits per heavy atom. The highest BCUT2D eigenvalue weighted by Crippen LogP contribution is 2.17. The van der Waals surface area contributed by atoms with E-state index in [9.17, 15) is 4.79 Å². The highest BCUT2D eigenvalue weighted by Gasteiger charge is 2.05. The van der Waals surface area contributed by atoms with E-state index in [2.05, 4.69) is 5.32 Å². The van der Waals surface area contributed by atoms with Crippen molar-refractivity contribution < 1.29 is 14.3 Å². The highest BCUT2D eigenvalue weighted by atomic mass is 16.5. The van der Waals surface area contributed by atoms with Gasteiger partial charge in [-0.15, -0.1) is 0 Å². The number of amides is 1. The summed E-state index contributed by atoms with van der Waals surface area (Å²) in [5, 5.41) is 2.86. The molecule has 0 spiro atoms. The van der Waals surface area contributed by atoms with Crippen molar-refractivity contribution in [3.05, 3.63) is 54.1 Å². The second kappa shape index (κ2) is 7.33. The van der Waals surface area contributed by atoms with E-state index in [1.165, 1.54) is 0 Å². The van der Waals surface area contributed by atoms with Gasteiger partial charge in [0.05, 0.1) is 20.1 Å². The van der Waals surface area contributed by atoms with Crippen molar-refractivity contribution in [1.82, 2.24) is 0 Å². The van der Waals surface area contributed by atoms with E-state index >= 15 is 0 Å². The van der Waals surface area contributed by atoms with E-state index in [0.29, 0.717) is 13.0 Å². The predicted molar refractivity (Wildman–Crippen MR) is 82.9 cm³/mol. The fourth-order valence-electron chi connectivity index (χ4n) is 1.97. The van der Waals surface area contributed by atoms with Crippen molar-refractivity contribution in [2.24, 2.45) is 0 Å². The van der Waals surface area contributed by atoms with Crippen LogP contribution in [0.1, 0.15) is 12.5 Å². The lowest BCUT2D eigenvalue weighted by molar-refractivity contribution is -0.115. The Labute approximate surface area is 124 Å². The Balaban J connectivity index is 1.94. The summed E-state index contributed by atoms with van der Waals surface area (Å²) in [6.45, 7) is 2.56. The molecular weight excluding hydrogens is 266 g/mol. The average Bonchev–Trinajstić information content (AvgIpc) is 2.49. The van der Waals surface area contributed by atoms with Crippen molar-refractivity contribution in [3.63, 3.8) is 0 Å². The van der Waals surface area contributed by atoms with Crippen LogP contribution in [-0.4, -0.2) is 19.6 Å². The average molecular weight is 285 g/mol. The highest BCUT2D eigenvalue weighted by molar-refractivity contribution is 5.92. The van der Waals surface area contributed by atoms with Gasteiger partial charge in [-0.2, -0.15) is 0 Å². The molecule has 2 aromatic rings. The maximum absolute atomic E-state index is 12.0. The molecule has 4 nitrogen and oxygen atoms in total. The van der Waals surface area contributed by atoms with Gasteiger partial charge in [0, 0.05) is 5.69 Å². The molecule has 0 unspecified atom stereocenters. The summed E-state index contributed by atoms with van der Waals surface area (Å²) in [5.41, 5.74) is 1.67. The second-order valence-electron chi connectivity index (χ2n) is 4.53. The predicted octanol–water partition coefficient (Wildman–Crippen LogP) is 3.28. The minimum atomic E-state index is -0.0626. The molecule has 0 aliphatic heterocycles. The molecule has 0 saturated carbocycles. The number of rotatable bonds is 6. The van der Waals surface area contributed by atoms with Crippen molar-refractivity contribution in [3.8, 4) is 11.5 Å². The zero-order valence-corrected chi connectivity index (χ0v) is 12.3. The van der Waals surface area contributed by atoms with Gasteiger partial charge in [0.25, 0.3) is 0 Å². The second-order valence-corrected chi connectivity index (χ2v) is 4.53. The maximum Gasteiger partial charge on any atom is 0.228 e. The number of nitrogens with one attached hydrogen (secondary N) is 1. The van der Waals surface area contributed by atoms with E-state index in [1.54, 1.807) is 7.11 Å². The Bertz CT molecular complexity index is 593. The maximum atomic E-state index is 12.0. The summed E-state index contributed by atoms with van der Waals surface area (Å²) in [5.74, 6) is 1.48. The zero-order valence-electron chi connectivity index (χ0n) is 12.3. The minimum absolute atomic E-state index is 0.0626. The number of methoxy groups -OCH3 is 1. The van der Waals surface area contributed by atoms with E-state index in [1.807, 2.05) is 55.5 Å². The molecule has 0 aliphatic carbocycles. The first-order chi connectivity index (χ1) is 10.2. The van der Waals surface area contributed by atoms with E-state index in [-0.39, 0.29) is 5.91 Å². The Morgan fingerprint density at radius 1 is 1.10 bits per heavy atom. The van der Waals surface area contributed by atoms with Gasteiger partial charge in [-0.25, -0.2) is 0 Å².